The van der Waals surface area contributed by atoms with Gasteiger partial charge in [-0.2, -0.15) is 13.9 Å². The minimum absolute atomic E-state index is 0.00251. The summed E-state index contributed by atoms with van der Waals surface area (Å²) in [7, 11) is 0. The van der Waals surface area contributed by atoms with E-state index in [0.717, 1.165) is 10.7 Å². The molecule has 31 heavy (non-hydrogen) atoms. The summed E-state index contributed by atoms with van der Waals surface area (Å²) in [6, 6.07) is 11.0. The number of thioether (sulfide) groups is 1. The molecule has 12 heteroatoms. The molecule has 3 aromatic rings. The van der Waals surface area contributed by atoms with Crippen LogP contribution in [0.4, 0.5) is 20.2 Å². The lowest BCUT2D eigenvalue weighted by molar-refractivity contribution is -0.384. The van der Waals surface area contributed by atoms with Gasteiger partial charge in [0.2, 0.25) is 5.43 Å². The summed E-state index contributed by atoms with van der Waals surface area (Å²) in [5, 5.41) is 17.7. The summed E-state index contributed by atoms with van der Waals surface area (Å²) in [5.41, 5.74) is -1.31. The third-order valence-corrected chi connectivity index (χ3v) is 5.33. The van der Waals surface area contributed by atoms with Crippen LogP contribution in [0.2, 0.25) is 5.02 Å². The zero-order valence-electron chi connectivity index (χ0n) is 15.7. The SMILES string of the molecule is Cc1cc(=O)c(C(=O)Nc2cccc(Cl)c2SC(F)F)nn1-c1ccccc1[N+](=O)[O-]. The lowest BCUT2D eigenvalue weighted by Crippen LogP contribution is -2.27. The molecule has 0 unspecified atom stereocenters. The van der Waals surface area contributed by atoms with Crippen LogP contribution in [-0.2, 0) is 0 Å². The standard InChI is InChI=1S/C19H13ClF2N4O4S/c1-10-9-15(27)16(24-25(10)13-7-2-3-8-14(13)26(29)30)18(28)23-12-6-4-5-11(20)17(12)31-19(21)22/h2-9,19H,1H3,(H,23,28). The number of rotatable bonds is 6. The maximum atomic E-state index is 12.9. The van der Waals surface area contributed by atoms with Gasteiger partial charge >= 0.3 is 0 Å². The van der Waals surface area contributed by atoms with Crippen LogP contribution in [0.1, 0.15) is 16.2 Å². The maximum absolute atomic E-state index is 12.9. The monoisotopic (exact) mass is 466 g/mol. The molecular weight excluding hydrogens is 454 g/mol. The number of carbonyl (C=O) groups excluding carboxylic acids is 1. The van der Waals surface area contributed by atoms with E-state index < -0.39 is 27.7 Å². The minimum Gasteiger partial charge on any atom is -0.319 e. The lowest BCUT2D eigenvalue weighted by atomic mass is 10.2. The van der Waals surface area contributed by atoms with Gasteiger partial charge in [-0.1, -0.05) is 41.6 Å². The number of halogens is 3. The van der Waals surface area contributed by atoms with Gasteiger partial charge in [0.1, 0.15) is 5.69 Å². The molecule has 0 aliphatic heterocycles. The Morgan fingerprint density at radius 3 is 2.65 bits per heavy atom. The summed E-state index contributed by atoms with van der Waals surface area (Å²) in [4.78, 5) is 35.8. The summed E-state index contributed by atoms with van der Waals surface area (Å²) in [6.45, 7) is 1.50. The van der Waals surface area contributed by atoms with E-state index in [1.807, 2.05) is 0 Å². The molecule has 0 fully saturated rings. The number of amides is 1. The molecule has 0 radical (unpaired) electrons. The highest BCUT2D eigenvalue weighted by Crippen LogP contribution is 2.37. The summed E-state index contributed by atoms with van der Waals surface area (Å²) in [6.07, 6.45) is 0. The molecule has 0 spiro atoms. The van der Waals surface area contributed by atoms with Gasteiger partial charge in [0.05, 0.1) is 20.5 Å². The predicted molar refractivity (Wildman–Crippen MR) is 112 cm³/mol. The van der Waals surface area contributed by atoms with Crippen LogP contribution in [0.25, 0.3) is 5.69 Å². The largest absolute Gasteiger partial charge is 0.319 e. The van der Waals surface area contributed by atoms with Crippen molar-refractivity contribution in [2.45, 2.75) is 17.6 Å². The van der Waals surface area contributed by atoms with Crippen LogP contribution in [0.5, 0.6) is 0 Å². The minimum atomic E-state index is -2.79. The van der Waals surface area contributed by atoms with Crippen molar-refractivity contribution in [2.24, 2.45) is 0 Å². The number of nitro benzene ring substituents is 1. The van der Waals surface area contributed by atoms with E-state index in [0.29, 0.717) is 0 Å². The molecule has 1 N–H and O–H groups in total. The van der Waals surface area contributed by atoms with Gasteiger partial charge in [0.25, 0.3) is 17.4 Å². The molecule has 160 valence electrons. The van der Waals surface area contributed by atoms with Gasteiger partial charge in [-0.3, -0.25) is 19.7 Å². The van der Waals surface area contributed by atoms with Gasteiger partial charge in [0, 0.05) is 17.8 Å². The first-order chi connectivity index (χ1) is 14.7. The van der Waals surface area contributed by atoms with Gasteiger partial charge < -0.3 is 5.32 Å². The average molecular weight is 467 g/mol. The smallest absolute Gasteiger partial charge is 0.294 e. The Balaban J connectivity index is 2.05. The number of para-hydroxylation sites is 2. The highest BCUT2D eigenvalue weighted by atomic mass is 35.5. The van der Waals surface area contributed by atoms with Crippen molar-refractivity contribution in [3.05, 3.63) is 85.3 Å². The van der Waals surface area contributed by atoms with Crippen LogP contribution in [0, 0.1) is 17.0 Å². The molecular formula is C19H13ClF2N4O4S. The highest BCUT2D eigenvalue weighted by Gasteiger charge is 2.22. The van der Waals surface area contributed by atoms with Crippen molar-refractivity contribution in [2.75, 3.05) is 5.32 Å². The van der Waals surface area contributed by atoms with Gasteiger partial charge in [0.15, 0.2) is 5.69 Å². The second kappa shape index (κ2) is 9.23. The molecule has 0 aliphatic rings. The van der Waals surface area contributed by atoms with Crippen LogP contribution in [0.15, 0.2) is 58.2 Å². The van der Waals surface area contributed by atoms with E-state index in [1.165, 1.54) is 43.3 Å². The first kappa shape index (κ1) is 22.4. The Morgan fingerprint density at radius 2 is 1.97 bits per heavy atom. The molecule has 0 atom stereocenters. The lowest BCUT2D eigenvalue weighted by Gasteiger charge is -2.13. The third-order valence-electron chi connectivity index (χ3n) is 4.05. The van der Waals surface area contributed by atoms with E-state index in [4.69, 9.17) is 11.6 Å². The number of aryl methyl sites for hydroxylation is 1. The Morgan fingerprint density at radius 1 is 1.26 bits per heavy atom. The zero-order valence-corrected chi connectivity index (χ0v) is 17.3. The Bertz CT molecular complexity index is 1240. The first-order valence-corrected chi connectivity index (χ1v) is 9.84. The van der Waals surface area contributed by atoms with Crippen molar-refractivity contribution in [3.63, 3.8) is 0 Å². The number of hydrogen-bond donors (Lipinski definition) is 1. The number of benzene rings is 2. The highest BCUT2D eigenvalue weighted by molar-refractivity contribution is 7.99. The van der Waals surface area contributed by atoms with Crippen LogP contribution >= 0.6 is 23.4 Å². The molecule has 0 bridgehead atoms. The Kier molecular flexibility index (Phi) is 6.66. The van der Waals surface area contributed by atoms with E-state index in [2.05, 4.69) is 10.4 Å². The summed E-state index contributed by atoms with van der Waals surface area (Å²) in [5.74, 6) is -3.76. The molecule has 1 amide bonds. The number of alkyl halides is 2. The molecule has 8 nitrogen and oxygen atoms in total. The molecule has 0 saturated heterocycles. The summed E-state index contributed by atoms with van der Waals surface area (Å²) >= 11 is 6.10. The van der Waals surface area contributed by atoms with Crippen LogP contribution < -0.4 is 10.7 Å². The topological polar surface area (TPSA) is 107 Å². The van der Waals surface area contributed by atoms with Gasteiger partial charge in [-0.05, 0) is 25.1 Å². The first-order valence-electron chi connectivity index (χ1n) is 8.58. The van der Waals surface area contributed by atoms with Crippen molar-refractivity contribution in [3.8, 4) is 5.69 Å². The third kappa shape index (κ3) is 4.89. The normalized spacial score (nSPS) is 10.9. The fourth-order valence-corrected chi connectivity index (χ4v) is 3.66. The van der Waals surface area contributed by atoms with Crippen LogP contribution in [0.3, 0.4) is 0 Å². The fourth-order valence-electron chi connectivity index (χ4n) is 2.74. The van der Waals surface area contributed by atoms with Gasteiger partial charge in [-0.25, -0.2) is 4.68 Å². The Hall–Kier alpha value is -3.31. The quantitative estimate of drug-likeness (QED) is 0.321. The van der Waals surface area contributed by atoms with E-state index in [9.17, 15) is 28.5 Å². The molecule has 0 saturated carbocycles. The summed E-state index contributed by atoms with van der Waals surface area (Å²) < 4.78 is 26.8. The predicted octanol–water partition coefficient (Wildman–Crippen LogP) is 4.67. The van der Waals surface area contributed by atoms with E-state index in [-0.39, 0.29) is 44.4 Å². The number of nitro groups is 1. The molecule has 3 rings (SSSR count). The van der Waals surface area contributed by atoms with Crippen molar-refractivity contribution < 1.29 is 18.5 Å². The molecule has 1 aromatic heterocycles. The second-order valence-corrected chi connectivity index (χ2v) is 7.51. The van der Waals surface area contributed by atoms with Crippen molar-refractivity contribution in [1.29, 1.82) is 0 Å². The van der Waals surface area contributed by atoms with Crippen molar-refractivity contribution in [1.82, 2.24) is 9.78 Å². The zero-order chi connectivity index (χ0) is 22.7. The Labute approximate surface area is 183 Å². The van der Waals surface area contributed by atoms with E-state index in [1.54, 1.807) is 6.07 Å². The maximum Gasteiger partial charge on any atom is 0.294 e. The number of hydrogen-bond acceptors (Lipinski definition) is 6. The number of aromatic nitrogens is 2. The number of nitrogens with one attached hydrogen (secondary N) is 1. The van der Waals surface area contributed by atoms with E-state index >= 15 is 0 Å². The second-order valence-electron chi connectivity index (χ2n) is 6.11. The molecule has 2 aromatic carbocycles. The average Bonchev–Trinajstić information content (AvgIpc) is 2.70. The van der Waals surface area contributed by atoms with Crippen LogP contribution in [-0.4, -0.2) is 26.4 Å². The molecule has 0 aliphatic carbocycles. The van der Waals surface area contributed by atoms with Crippen molar-refractivity contribution >= 4 is 40.6 Å². The fraction of sp³-hybridized carbons (Fsp3) is 0.105. The number of anilines is 1. The number of nitrogens with zero attached hydrogens (tertiary/aromatic N) is 3. The molecule has 1 heterocycles. The number of carbonyl (C=O) groups is 1. The van der Waals surface area contributed by atoms with Gasteiger partial charge in [-0.15, -0.1) is 0 Å².